The lowest BCUT2D eigenvalue weighted by Crippen LogP contribution is -2.42. The predicted molar refractivity (Wildman–Crippen MR) is 58.9 cm³/mol. The number of esters is 1. The predicted octanol–water partition coefficient (Wildman–Crippen LogP) is 1.75. The fourth-order valence-electron chi connectivity index (χ4n) is 2.16. The molecule has 1 atom stereocenters. The SMILES string of the molecule is COC(=O)C1CCc2cc(F)ccc2N1C. The van der Waals surface area contributed by atoms with Gasteiger partial charge in [-0.1, -0.05) is 0 Å². The van der Waals surface area contributed by atoms with Crippen LogP contribution in [-0.4, -0.2) is 26.2 Å². The zero-order valence-electron chi connectivity index (χ0n) is 9.37. The molecule has 4 heteroatoms. The number of fused-ring (bicyclic) bond motifs is 1. The molecular formula is C12H14FNO2. The minimum absolute atomic E-state index is 0.233. The summed E-state index contributed by atoms with van der Waals surface area (Å²) in [4.78, 5) is 13.4. The molecule has 0 radical (unpaired) electrons. The molecule has 1 aliphatic rings. The lowest BCUT2D eigenvalue weighted by atomic mass is 9.96. The van der Waals surface area contributed by atoms with E-state index in [9.17, 15) is 9.18 Å². The summed E-state index contributed by atoms with van der Waals surface area (Å²) in [6.07, 6.45) is 1.37. The highest BCUT2D eigenvalue weighted by atomic mass is 19.1. The second-order valence-electron chi connectivity index (χ2n) is 3.96. The van der Waals surface area contributed by atoms with Crippen molar-refractivity contribution in [2.45, 2.75) is 18.9 Å². The first kappa shape index (κ1) is 10.9. The van der Waals surface area contributed by atoms with Gasteiger partial charge in [0, 0.05) is 12.7 Å². The number of halogens is 1. The highest BCUT2D eigenvalue weighted by Crippen LogP contribution is 2.30. The number of benzene rings is 1. The number of carbonyl (C=O) groups excluding carboxylic acids is 1. The van der Waals surface area contributed by atoms with E-state index in [1.807, 2.05) is 11.9 Å². The van der Waals surface area contributed by atoms with E-state index < -0.39 is 0 Å². The molecule has 0 spiro atoms. The quantitative estimate of drug-likeness (QED) is 0.679. The number of nitrogens with zero attached hydrogens (tertiary/aromatic N) is 1. The van der Waals surface area contributed by atoms with Gasteiger partial charge in [-0.05, 0) is 36.6 Å². The second-order valence-corrected chi connectivity index (χ2v) is 3.96. The topological polar surface area (TPSA) is 29.5 Å². The molecule has 86 valence electrons. The van der Waals surface area contributed by atoms with E-state index in [-0.39, 0.29) is 17.8 Å². The van der Waals surface area contributed by atoms with E-state index >= 15 is 0 Å². The number of ether oxygens (including phenoxy) is 1. The molecule has 16 heavy (non-hydrogen) atoms. The Labute approximate surface area is 93.8 Å². The number of likely N-dealkylation sites (N-methyl/N-ethyl adjacent to an activating group) is 1. The van der Waals surface area contributed by atoms with Crippen molar-refractivity contribution < 1.29 is 13.9 Å². The highest BCUT2D eigenvalue weighted by Gasteiger charge is 2.29. The Morgan fingerprint density at radius 3 is 3.00 bits per heavy atom. The van der Waals surface area contributed by atoms with Gasteiger partial charge < -0.3 is 9.64 Å². The lowest BCUT2D eigenvalue weighted by molar-refractivity contribution is -0.142. The maximum Gasteiger partial charge on any atom is 0.328 e. The van der Waals surface area contributed by atoms with E-state index in [1.165, 1.54) is 19.2 Å². The monoisotopic (exact) mass is 223 g/mol. The van der Waals surface area contributed by atoms with Crippen LogP contribution in [0.4, 0.5) is 10.1 Å². The summed E-state index contributed by atoms with van der Waals surface area (Å²) >= 11 is 0. The van der Waals surface area contributed by atoms with Gasteiger partial charge in [-0.2, -0.15) is 0 Å². The van der Waals surface area contributed by atoms with Crippen molar-refractivity contribution in [1.29, 1.82) is 0 Å². The Hall–Kier alpha value is -1.58. The van der Waals surface area contributed by atoms with Crippen LogP contribution in [0.3, 0.4) is 0 Å². The number of rotatable bonds is 1. The minimum atomic E-state index is -0.261. The first-order chi connectivity index (χ1) is 7.63. The zero-order valence-corrected chi connectivity index (χ0v) is 9.37. The largest absolute Gasteiger partial charge is 0.467 e. The van der Waals surface area contributed by atoms with E-state index in [0.717, 1.165) is 11.3 Å². The molecule has 1 aromatic rings. The van der Waals surface area contributed by atoms with Gasteiger partial charge in [-0.25, -0.2) is 9.18 Å². The van der Waals surface area contributed by atoms with Gasteiger partial charge in [0.15, 0.2) is 0 Å². The Morgan fingerprint density at radius 1 is 1.56 bits per heavy atom. The van der Waals surface area contributed by atoms with Crippen LogP contribution in [0, 0.1) is 5.82 Å². The summed E-state index contributed by atoms with van der Waals surface area (Å²) in [5.41, 5.74) is 1.85. The molecule has 0 amide bonds. The van der Waals surface area contributed by atoms with Crippen molar-refractivity contribution in [2.75, 3.05) is 19.1 Å². The van der Waals surface area contributed by atoms with Crippen LogP contribution in [0.2, 0.25) is 0 Å². The van der Waals surface area contributed by atoms with Crippen molar-refractivity contribution in [1.82, 2.24) is 0 Å². The molecule has 0 aromatic heterocycles. The molecule has 1 aromatic carbocycles. The maximum atomic E-state index is 13.0. The molecule has 3 nitrogen and oxygen atoms in total. The van der Waals surface area contributed by atoms with E-state index in [2.05, 4.69) is 0 Å². The van der Waals surface area contributed by atoms with Crippen molar-refractivity contribution in [3.05, 3.63) is 29.6 Å². The van der Waals surface area contributed by atoms with Crippen molar-refractivity contribution >= 4 is 11.7 Å². The maximum absolute atomic E-state index is 13.0. The molecule has 1 aliphatic heterocycles. The number of hydrogen-bond acceptors (Lipinski definition) is 3. The Bertz CT molecular complexity index is 419. The fraction of sp³-hybridized carbons (Fsp3) is 0.417. The Balaban J connectivity index is 2.32. The Morgan fingerprint density at radius 2 is 2.31 bits per heavy atom. The van der Waals surface area contributed by atoms with Crippen LogP contribution in [0.1, 0.15) is 12.0 Å². The second kappa shape index (κ2) is 4.12. The molecule has 0 saturated heterocycles. The lowest BCUT2D eigenvalue weighted by Gasteiger charge is -2.34. The minimum Gasteiger partial charge on any atom is -0.467 e. The van der Waals surface area contributed by atoms with Crippen LogP contribution in [-0.2, 0) is 16.0 Å². The smallest absolute Gasteiger partial charge is 0.328 e. The molecule has 0 saturated carbocycles. The fourth-order valence-corrected chi connectivity index (χ4v) is 2.16. The van der Waals surface area contributed by atoms with Gasteiger partial charge >= 0.3 is 5.97 Å². The summed E-state index contributed by atoms with van der Waals surface area (Å²) in [5.74, 6) is -0.471. The van der Waals surface area contributed by atoms with Crippen molar-refractivity contribution in [3.63, 3.8) is 0 Å². The third-order valence-electron chi connectivity index (χ3n) is 3.05. The van der Waals surface area contributed by atoms with Gasteiger partial charge in [0.25, 0.3) is 0 Å². The third kappa shape index (κ3) is 1.75. The zero-order chi connectivity index (χ0) is 11.7. The van der Waals surface area contributed by atoms with Crippen LogP contribution in [0.5, 0.6) is 0 Å². The van der Waals surface area contributed by atoms with Gasteiger partial charge in [-0.3, -0.25) is 0 Å². The molecular weight excluding hydrogens is 209 g/mol. The van der Waals surface area contributed by atoms with Crippen LogP contribution in [0.25, 0.3) is 0 Å². The van der Waals surface area contributed by atoms with E-state index in [0.29, 0.717) is 12.8 Å². The average Bonchev–Trinajstić information content (AvgIpc) is 2.28. The number of hydrogen-bond donors (Lipinski definition) is 0. The van der Waals surface area contributed by atoms with E-state index in [4.69, 9.17) is 4.74 Å². The van der Waals surface area contributed by atoms with Gasteiger partial charge in [0.2, 0.25) is 0 Å². The summed E-state index contributed by atoms with van der Waals surface area (Å²) in [6, 6.07) is 4.39. The number of methoxy groups -OCH3 is 1. The molecule has 1 unspecified atom stereocenters. The number of anilines is 1. The summed E-state index contributed by atoms with van der Waals surface area (Å²) in [5, 5.41) is 0. The van der Waals surface area contributed by atoms with Gasteiger partial charge in [0.1, 0.15) is 11.9 Å². The van der Waals surface area contributed by atoms with Crippen molar-refractivity contribution in [3.8, 4) is 0 Å². The molecule has 1 heterocycles. The average molecular weight is 223 g/mol. The number of aryl methyl sites for hydroxylation is 1. The number of carbonyl (C=O) groups is 1. The molecule has 2 rings (SSSR count). The molecule has 0 N–H and O–H groups in total. The summed E-state index contributed by atoms with van der Waals surface area (Å²) in [6.45, 7) is 0. The standard InChI is InChI=1S/C12H14FNO2/c1-14-10-6-4-9(13)7-8(10)3-5-11(14)12(15)16-2/h4,6-7,11H,3,5H2,1-2H3. The van der Waals surface area contributed by atoms with Crippen LogP contribution >= 0.6 is 0 Å². The normalized spacial score (nSPS) is 19.2. The summed E-state index contributed by atoms with van der Waals surface area (Å²) in [7, 11) is 3.22. The van der Waals surface area contributed by atoms with Crippen LogP contribution in [0.15, 0.2) is 18.2 Å². The van der Waals surface area contributed by atoms with Crippen LogP contribution < -0.4 is 4.90 Å². The van der Waals surface area contributed by atoms with E-state index in [1.54, 1.807) is 6.07 Å². The Kier molecular flexibility index (Phi) is 2.81. The first-order valence-electron chi connectivity index (χ1n) is 5.22. The molecule has 0 aliphatic carbocycles. The first-order valence-corrected chi connectivity index (χ1v) is 5.22. The highest BCUT2D eigenvalue weighted by molar-refractivity contribution is 5.81. The van der Waals surface area contributed by atoms with Gasteiger partial charge in [0.05, 0.1) is 7.11 Å². The van der Waals surface area contributed by atoms with Gasteiger partial charge in [-0.15, -0.1) is 0 Å². The summed E-state index contributed by atoms with van der Waals surface area (Å²) < 4.78 is 17.8. The van der Waals surface area contributed by atoms with Crippen molar-refractivity contribution in [2.24, 2.45) is 0 Å². The molecule has 0 fully saturated rings. The molecule has 0 bridgehead atoms. The third-order valence-corrected chi connectivity index (χ3v) is 3.05.